The zero-order chi connectivity index (χ0) is 12.4. The van der Waals surface area contributed by atoms with Crippen molar-refractivity contribution in [2.24, 2.45) is 10.7 Å². The van der Waals surface area contributed by atoms with E-state index in [1.807, 2.05) is 0 Å². The number of benzene rings is 1. The molecule has 1 unspecified atom stereocenters. The fourth-order valence-corrected chi connectivity index (χ4v) is 3.25. The molecular formula is C10H9N3O3S. The number of nitrogens with two attached hydrogens (primary N) is 1. The average molecular weight is 251 g/mol. The zero-order valence-corrected chi connectivity index (χ0v) is 9.50. The quantitative estimate of drug-likeness (QED) is 0.480. The highest BCUT2D eigenvalue weighted by Crippen LogP contribution is 2.46. The summed E-state index contributed by atoms with van der Waals surface area (Å²) in [4.78, 5) is 26.0. The third-order valence-electron chi connectivity index (χ3n) is 2.24. The summed E-state index contributed by atoms with van der Waals surface area (Å²) >= 11 is 0. The minimum absolute atomic E-state index is 0.00806. The summed E-state index contributed by atoms with van der Waals surface area (Å²) in [5.41, 5.74) is 7.04. The summed E-state index contributed by atoms with van der Waals surface area (Å²) in [7, 11) is -1.33. The van der Waals surface area contributed by atoms with Crippen molar-refractivity contribution >= 4 is 22.3 Å². The third kappa shape index (κ3) is 2.04. The molecule has 1 aliphatic rings. The lowest BCUT2D eigenvalue weighted by atomic mass is 10.2. The lowest BCUT2D eigenvalue weighted by Gasteiger charge is -2.13. The Morgan fingerprint density at radius 2 is 2.12 bits per heavy atom. The predicted octanol–water partition coefficient (Wildman–Crippen LogP) is 1.26. The molecule has 1 aliphatic heterocycles. The van der Waals surface area contributed by atoms with Gasteiger partial charge in [0.25, 0.3) is 0 Å². The first-order chi connectivity index (χ1) is 8.11. The predicted molar refractivity (Wildman–Crippen MR) is 65.8 cm³/mol. The molecule has 1 atom stereocenters. The summed E-state index contributed by atoms with van der Waals surface area (Å²) < 4.78 is 0. The molecule has 88 valence electrons. The highest BCUT2D eigenvalue weighted by atomic mass is 32.2. The lowest BCUT2D eigenvalue weighted by molar-refractivity contribution is -0.410. The van der Waals surface area contributed by atoms with Gasteiger partial charge in [-0.1, -0.05) is 23.0 Å². The molecule has 0 saturated carbocycles. The number of thiol groups is 1. The molecule has 0 radical (unpaired) electrons. The number of rotatable bonds is 3. The number of nitrogens with zero attached hydrogens (tertiary/aromatic N) is 2. The minimum atomic E-state index is -1.33. The highest BCUT2D eigenvalue weighted by molar-refractivity contribution is 8.31. The van der Waals surface area contributed by atoms with Gasteiger partial charge in [0.2, 0.25) is 5.91 Å². The highest BCUT2D eigenvalue weighted by Gasteiger charge is 2.27. The molecule has 1 aromatic rings. The van der Waals surface area contributed by atoms with Gasteiger partial charge < -0.3 is 5.73 Å². The largest absolute Gasteiger partial charge is 0.366 e. The SMILES string of the molecule is NC(=O)c1ccccc1[SH]1C=NC=C1[N+](=O)[O-]. The first-order valence-corrected chi connectivity index (χ1v) is 6.08. The number of hydrogen-bond acceptors (Lipinski definition) is 4. The molecule has 6 nitrogen and oxygen atoms in total. The van der Waals surface area contributed by atoms with E-state index in [9.17, 15) is 14.9 Å². The second kappa shape index (κ2) is 4.38. The van der Waals surface area contributed by atoms with Gasteiger partial charge in [-0.05, 0) is 12.1 Å². The van der Waals surface area contributed by atoms with Gasteiger partial charge in [-0.15, -0.1) is 0 Å². The molecule has 0 bridgehead atoms. The van der Waals surface area contributed by atoms with Gasteiger partial charge in [0, 0.05) is 4.90 Å². The van der Waals surface area contributed by atoms with Crippen LogP contribution in [0.4, 0.5) is 0 Å². The van der Waals surface area contributed by atoms with Gasteiger partial charge in [0.05, 0.1) is 16.0 Å². The Hall–Kier alpha value is -2.15. The number of nitro groups is 1. The van der Waals surface area contributed by atoms with E-state index in [1.54, 1.807) is 24.3 Å². The summed E-state index contributed by atoms with van der Waals surface area (Å²) in [6.07, 6.45) is 1.21. The molecule has 0 fully saturated rings. The van der Waals surface area contributed by atoms with Gasteiger partial charge in [0.1, 0.15) is 6.20 Å². The number of primary amides is 1. The van der Waals surface area contributed by atoms with Crippen molar-refractivity contribution in [3.63, 3.8) is 0 Å². The molecule has 0 saturated heterocycles. The Morgan fingerprint density at radius 1 is 1.41 bits per heavy atom. The molecule has 2 rings (SSSR count). The van der Waals surface area contributed by atoms with E-state index in [2.05, 4.69) is 4.99 Å². The molecule has 2 N–H and O–H groups in total. The standard InChI is InChI=1S/C10H9N3O3S/c11-10(14)7-3-1-2-4-8(7)17-6-12-5-9(17)13(15)16/h1-6,17H,(H2,11,14). The van der Waals surface area contributed by atoms with Gasteiger partial charge in [-0.3, -0.25) is 19.9 Å². The monoisotopic (exact) mass is 251 g/mol. The van der Waals surface area contributed by atoms with Crippen molar-refractivity contribution in [3.8, 4) is 0 Å². The summed E-state index contributed by atoms with van der Waals surface area (Å²) in [5.74, 6) is -0.592. The fourth-order valence-electron chi connectivity index (χ4n) is 1.50. The second-order valence-electron chi connectivity index (χ2n) is 3.26. The fraction of sp³-hybridized carbons (Fsp3) is 0. The summed E-state index contributed by atoms with van der Waals surface area (Å²) in [5, 5.41) is 10.8. The third-order valence-corrected chi connectivity index (χ3v) is 4.28. The van der Waals surface area contributed by atoms with Crippen LogP contribution < -0.4 is 5.73 Å². The number of amides is 1. The topological polar surface area (TPSA) is 98.6 Å². The number of carbonyl (C=O) groups excluding carboxylic acids is 1. The van der Waals surface area contributed by atoms with Crippen LogP contribution >= 0.6 is 10.9 Å². The van der Waals surface area contributed by atoms with Crippen molar-refractivity contribution in [2.45, 2.75) is 4.90 Å². The molecule has 17 heavy (non-hydrogen) atoms. The Labute approximate surface area is 99.3 Å². The van der Waals surface area contributed by atoms with E-state index in [1.165, 1.54) is 11.7 Å². The molecule has 1 aromatic carbocycles. The maximum atomic E-state index is 11.3. The van der Waals surface area contributed by atoms with Crippen molar-refractivity contribution in [1.82, 2.24) is 0 Å². The van der Waals surface area contributed by atoms with E-state index in [-0.39, 0.29) is 5.03 Å². The van der Waals surface area contributed by atoms with Crippen molar-refractivity contribution in [3.05, 3.63) is 51.2 Å². The van der Waals surface area contributed by atoms with E-state index in [0.717, 1.165) is 0 Å². The maximum absolute atomic E-state index is 11.3. The van der Waals surface area contributed by atoms with Crippen LogP contribution in [-0.4, -0.2) is 16.4 Å². The van der Waals surface area contributed by atoms with Gasteiger partial charge in [-0.2, -0.15) is 0 Å². The second-order valence-corrected chi connectivity index (χ2v) is 5.17. The Kier molecular flexibility index (Phi) is 2.92. The van der Waals surface area contributed by atoms with Crippen LogP contribution in [0.1, 0.15) is 10.4 Å². The van der Waals surface area contributed by atoms with Gasteiger partial charge in [0.15, 0.2) is 0 Å². The maximum Gasteiger partial charge on any atom is 0.310 e. The number of carbonyl (C=O) groups is 1. The van der Waals surface area contributed by atoms with Crippen LogP contribution in [0.3, 0.4) is 0 Å². The van der Waals surface area contributed by atoms with Crippen LogP contribution in [0.25, 0.3) is 0 Å². The van der Waals surface area contributed by atoms with E-state index < -0.39 is 21.7 Å². The molecule has 1 amide bonds. The Morgan fingerprint density at radius 3 is 2.76 bits per heavy atom. The van der Waals surface area contributed by atoms with Crippen molar-refractivity contribution < 1.29 is 9.72 Å². The van der Waals surface area contributed by atoms with Crippen LogP contribution in [0.5, 0.6) is 0 Å². The molecular weight excluding hydrogens is 242 g/mol. The molecule has 0 aromatic heterocycles. The zero-order valence-electron chi connectivity index (χ0n) is 8.61. The Balaban J connectivity index is 2.48. The van der Waals surface area contributed by atoms with Crippen molar-refractivity contribution in [1.29, 1.82) is 0 Å². The first-order valence-electron chi connectivity index (χ1n) is 4.67. The van der Waals surface area contributed by atoms with Crippen LogP contribution in [0.15, 0.2) is 45.4 Å². The van der Waals surface area contributed by atoms with E-state index >= 15 is 0 Å². The van der Waals surface area contributed by atoms with E-state index in [4.69, 9.17) is 5.73 Å². The average Bonchev–Trinajstić information content (AvgIpc) is 2.77. The lowest BCUT2D eigenvalue weighted by Crippen LogP contribution is -2.13. The van der Waals surface area contributed by atoms with E-state index in [0.29, 0.717) is 10.5 Å². The molecule has 7 heteroatoms. The molecule has 1 heterocycles. The minimum Gasteiger partial charge on any atom is -0.366 e. The van der Waals surface area contributed by atoms with Gasteiger partial charge in [-0.25, -0.2) is 0 Å². The van der Waals surface area contributed by atoms with Crippen molar-refractivity contribution in [2.75, 3.05) is 0 Å². The Bertz CT molecular complexity index is 553. The smallest absolute Gasteiger partial charge is 0.310 e. The summed E-state index contributed by atoms with van der Waals surface area (Å²) in [6, 6.07) is 6.61. The molecule has 0 spiro atoms. The molecule has 0 aliphatic carbocycles. The van der Waals surface area contributed by atoms with Gasteiger partial charge >= 0.3 is 5.03 Å². The number of aliphatic imine (C=N–C) groups is 1. The van der Waals surface area contributed by atoms with Crippen LogP contribution in [0.2, 0.25) is 0 Å². The normalized spacial score (nSPS) is 20.0. The van der Waals surface area contributed by atoms with Crippen LogP contribution in [0, 0.1) is 10.1 Å². The summed E-state index contributed by atoms with van der Waals surface area (Å²) in [6.45, 7) is 0. The van der Waals surface area contributed by atoms with Crippen LogP contribution in [-0.2, 0) is 0 Å². The number of hydrogen-bond donors (Lipinski definition) is 2. The first kappa shape index (κ1) is 11.3.